The number of imidazole rings is 1. The molecule has 2 aromatic heterocycles. The van der Waals surface area contributed by atoms with Gasteiger partial charge < -0.3 is 14.0 Å². The van der Waals surface area contributed by atoms with Gasteiger partial charge in [0.05, 0.1) is 18.5 Å². The highest BCUT2D eigenvalue weighted by molar-refractivity contribution is 5.94. The zero-order valence-corrected chi connectivity index (χ0v) is 21.8. The van der Waals surface area contributed by atoms with Crippen molar-refractivity contribution in [3.05, 3.63) is 114 Å². The summed E-state index contributed by atoms with van der Waals surface area (Å²) in [5, 5.41) is 0. The Morgan fingerprint density at radius 3 is 2.33 bits per heavy atom. The quantitative estimate of drug-likeness (QED) is 0.285. The Morgan fingerprint density at radius 2 is 1.59 bits per heavy atom. The van der Waals surface area contributed by atoms with Crippen LogP contribution < -0.4 is 4.74 Å². The number of benzene rings is 3. The Bertz CT molecular complexity index is 1610. The minimum Gasteiger partial charge on any atom is -0.497 e. The van der Waals surface area contributed by atoms with Crippen LogP contribution in [-0.4, -0.2) is 58.4 Å². The topological polar surface area (TPSA) is 50.1 Å². The van der Waals surface area contributed by atoms with Crippen LogP contribution in [0.1, 0.15) is 16.1 Å². The number of methoxy groups -OCH3 is 1. The SMILES string of the molecule is COc1cccc(-c2nc3ccc(-c4ccccc4)cn3c2CN2CCN(C(=O)c3ccc(F)cc3)CC2)c1. The van der Waals surface area contributed by atoms with Gasteiger partial charge in [-0.25, -0.2) is 9.37 Å². The van der Waals surface area contributed by atoms with Crippen molar-refractivity contribution in [3.63, 3.8) is 0 Å². The number of hydrogen-bond acceptors (Lipinski definition) is 4. The fourth-order valence-corrected chi connectivity index (χ4v) is 5.14. The highest BCUT2D eigenvalue weighted by atomic mass is 19.1. The molecule has 1 aliphatic heterocycles. The molecular formula is C32H29FN4O2. The average Bonchev–Trinajstić information content (AvgIpc) is 3.35. The molecule has 1 aliphatic rings. The first-order valence-electron chi connectivity index (χ1n) is 13.1. The summed E-state index contributed by atoms with van der Waals surface area (Å²) in [6.45, 7) is 3.37. The highest BCUT2D eigenvalue weighted by Crippen LogP contribution is 2.30. The molecule has 3 aromatic carbocycles. The molecule has 5 aromatic rings. The maximum atomic E-state index is 13.3. The summed E-state index contributed by atoms with van der Waals surface area (Å²) in [6, 6.07) is 28.3. The molecule has 0 radical (unpaired) electrons. The Kier molecular flexibility index (Phi) is 6.82. The van der Waals surface area contributed by atoms with Crippen molar-refractivity contribution in [3.8, 4) is 28.1 Å². The van der Waals surface area contributed by atoms with Crippen molar-refractivity contribution >= 4 is 11.6 Å². The minimum atomic E-state index is -0.341. The van der Waals surface area contributed by atoms with Crippen molar-refractivity contribution < 1.29 is 13.9 Å². The number of fused-ring (bicyclic) bond motifs is 1. The maximum Gasteiger partial charge on any atom is 0.253 e. The van der Waals surface area contributed by atoms with E-state index in [-0.39, 0.29) is 11.7 Å². The first-order chi connectivity index (χ1) is 19.1. The maximum absolute atomic E-state index is 13.3. The van der Waals surface area contributed by atoms with Gasteiger partial charge in [0, 0.05) is 50.0 Å². The van der Waals surface area contributed by atoms with E-state index in [1.54, 1.807) is 19.2 Å². The molecule has 0 bridgehead atoms. The molecule has 6 nitrogen and oxygen atoms in total. The van der Waals surface area contributed by atoms with E-state index in [9.17, 15) is 9.18 Å². The van der Waals surface area contributed by atoms with Crippen LogP contribution in [0.2, 0.25) is 0 Å². The molecule has 1 fully saturated rings. The van der Waals surface area contributed by atoms with Gasteiger partial charge in [-0.3, -0.25) is 9.69 Å². The second-order valence-electron chi connectivity index (χ2n) is 9.73. The number of rotatable bonds is 6. The lowest BCUT2D eigenvalue weighted by atomic mass is 10.1. The van der Waals surface area contributed by atoms with Crippen molar-refractivity contribution in [1.82, 2.24) is 19.2 Å². The molecule has 0 saturated carbocycles. The zero-order chi connectivity index (χ0) is 26.8. The molecular weight excluding hydrogens is 491 g/mol. The van der Waals surface area contributed by atoms with Crippen LogP contribution in [-0.2, 0) is 6.54 Å². The van der Waals surface area contributed by atoms with Gasteiger partial charge in [0.25, 0.3) is 5.91 Å². The van der Waals surface area contributed by atoms with Gasteiger partial charge in [0.1, 0.15) is 17.2 Å². The largest absolute Gasteiger partial charge is 0.497 e. The molecule has 7 heteroatoms. The van der Waals surface area contributed by atoms with E-state index < -0.39 is 0 Å². The fourth-order valence-electron chi connectivity index (χ4n) is 5.14. The van der Waals surface area contributed by atoms with Crippen LogP contribution >= 0.6 is 0 Å². The van der Waals surface area contributed by atoms with Crippen molar-refractivity contribution in [2.75, 3.05) is 33.3 Å². The molecule has 39 heavy (non-hydrogen) atoms. The van der Waals surface area contributed by atoms with Gasteiger partial charge in [-0.1, -0.05) is 42.5 Å². The minimum absolute atomic E-state index is 0.0611. The van der Waals surface area contributed by atoms with Gasteiger partial charge >= 0.3 is 0 Å². The predicted octanol–water partition coefficient (Wildman–Crippen LogP) is 5.77. The van der Waals surface area contributed by atoms with Crippen molar-refractivity contribution in [2.24, 2.45) is 0 Å². The van der Waals surface area contributed by atoms with Crippen LogP contribution in [0.15, 0.2) is 97.2 Å². The van der Waals surface area contributed by atoms with Gasteiger partial charge in [0.2, 0.25) is 0 Å². The van der Waals surface area contributed by atoms with Crippen LogP contribution in [0.5, 0.6) is 5.75 Å². The fraction of sp³-hybridized carbons (Fsp3) is 0.188. The lowest BCUT2D eigenvalue weighted by Crippen LogP contribution is -2.48. The summed E-state index contributed by atoms with van der Waals surface area (Å²) in [6.07, 6.45) is 2.16. The molecule has 0 aliphatic carbocycles. The van der Waals surface area contributed by atoms with Gasteiger partial charge in [0.15, 0.2) is 0 Å². The Morgan fingerprint density at radius 1 is 0.846 bits per heavy atom. The molecule has 6 rings (SSSR count). The standard InChI is InChI=1S/C32H29FN4O2/c1-39-28-9-5-8-25(20-28)31-29(37-21-26(12-15-30(37)34-31)23-6-3-2-4-7-23)22-35-16-18-36(19-17-35)32(38)24-10-13-27(33)14-11-24/h2-15,20-21H,16-19,22H2,1H3. The molecule has 1 amide bonds. The third-order valence-corrected chi connectivity index (χ3v) is 7.29. The number of pyridine rings is 1. The molecule has 0 spiro atoms. The summed E-state index contributed by atoms with van der Waals surface area (Å²) in [4.78, 5) is 22.2. The van der Waals surface area contributed by atoms with E-state index in [0.717, 1.165) is 52.6 Å². The molecule has 0 unspecified atom stereocenters. The number of piperazine rings is 1. The molecule has 0 atom stereocenters. The van der Waals surface area contributed by atoms with E-state index >= 15 is 0 Å². The van der Waals surface area contributed by atoms with E-state index in [2.05, 4.69) is 45.8 Å². The van der Waals surface area contributed by atoms with Crippen LogP contribution in [0, 0.1) is 5.82 Å². The summed E-state index contributed by atoms with van der Waals surface area (Å²) in [7, 11) is 1.67. The summed E-state index contributed by atoms with van der Waals surface area (Å²) < 4.78 is 21.0. The van der Waals surface area contributed by atoms with Crippen LogP contribution in [0.4, 0.5) is 4.39 Å². The highest BCUT2D eigenvalue weighted by Gasteiger charge is 2.25. The van der Waals surface area contributed by atoms with Crippen LogP contribution in [0.3, 0.4) is 0 Å². The number of hydrogen-bond donors (Lipinski definition) is 0. The smallest absolute Gasteiger partial charge is 0.253 e. The van der Waals surface area contributed by atoms with Gasteiger partial charge in [-0.15, -0.1) is 0 Å². The lowest BCUT2D eigenvalue weighted by molar-refractivity contribution is 0.0627. The van der Waals surface area contributed by atoms with E-state index in [1.165, 1.54) is 12.1 Å². The summed E-state index contributed by atoms with van der Waals surface area (Å²) in [5.74, 6) is 0.383. The number of carbonyl (C=O) groups excluding carboxylic acids is 1. The number of carbonyl (C=O) groups is 1. The number of amides is 1. The predicted molar refractivity (Wildman–Crippen MR) is 150 cm³/mol. The van der Waals surface area contributed by atoms with Crippen LogP contribution in [0.25, 0.3) is 28.0 Å². The Balaban J connectivity index is 1.30. The molecule has 0 N–H and O–H groups in total. The third kappa shape index (κ3) is 5.13. The van der Waals surface area contributed by atoms with Gasteiger partial charge in [-0.05, 0) is 59.7 Å². The summed E-state index contributed by atoms with van der Waals surface area (Å²) >= 11 is 0. The van der Waals surface area contributed by atoms with Crippen molar-refractivity contribution in [1.29, 1.82) is 0 Å². The number of aromatic nitrogens is 2. The number of nitrogens with zero attached hydrogens (tertiary/aromatic N) is 4. The van der Waals surface area contributed by atoms with E-state index in [1.807, 2.05) is 41.3 Å². The first-order valence-corrected chi connectivity index (χ1v) is 13.1. The lowest BCUT2D eigenvalue weighted by Gasteiger charge is -2.34. The Hall–Kier alpha value is -4.49. The second-order valence-corrected chi connectivity index (χ2v) is 9.73. The van der Waals surface area contributed by atoms with Gasteiger partial charge in [-0.2, -0.15) is 0 Å². The molecule has 3 heterocycles. The van der Waals surface area contributed by atoms with Crippen molar-refractivity contribution in [2.45, 2.75) is 6.54 Å². The molecule has 1 saturated heterocycles. The molecule has 196 valence electrons. The third-order valence-electron chi connectivity index (χ3n) is 7.29. The summed E-state index contributed by atoms with van der Waals surface area (Å²) in [5.41, 5.74) is 6.68. The zero-order valence-electron chi connectivity index (χ0n) is 21.8. The second kappa shape index (κ2) is 10.7. The first kappa shape index (κ1) is 24.8. The number of ether oxygens (including phenoxy) is 1. The Labute approximate surface area is 226 Å². The van der Waals surface area contributed by atoms with E-state index in [4.69, 9.17) is 9.72 Å². The monoisotopic (exact) mass is 520 g/mol. The normalized spacial score (nSPS) is 14.1. The average molecular weight is 521 g/mol. The van der Waals surface area contributed by atoms with E-state index in [0.29, 0.717) is 25.2 Å². The number of halogens is 1.